The van der Waals surface area contributed by atoms with Crippen LogP contribution in [0.1, 0.15) is 20.8 Å². The molecule has 6 heteroatoms. The molecule has 0 spiro atoms. The standard InChI is InChI=1S/C8H13NO3S2/c1-4-12-7(11)14-9-5-8(2,3)13-6(9)10/h4-5H2,1-3H3. The summed E-state index contributed by atoms with van der Waals surface area (Å²) >= 11 is 2.09. The van der Waals surface area contributed by atoms with Crippen molar-refractivity contribution in [2.45, 2.75) is 25.5 Å². The molecule has 4 nitrogen and oxygen atoms in total. The second-order valence-electron chi connectivity index (χ2n) is 3.44. The summed E-state index contributed by atoms with van der Waals surface area (Å²) in [5.74, 6) is 0. The summed E-state index contributed by atoms with van der Waals surface area (Å²) in [5, 5.41) is -0.493. The number of hydrogen-bond donors (Lipinski definition) is 0. The zero-order chi connectivity index (χ0) is 10.8. The van der Waals surface area contributed by atoms with Gasteiger partial charge < -0.3 is 4.74 Å². The fraction of sp³-hybridized carbons (Fsp3) is 0.750. The molecule has 1 aliphatic heterocycles. The normalized spacial score (nSPS) is 19.9. The minimum absolute atomic E-state index is 0.0759. The second-order valence-corrected chi connectivity index (χ2v) is 6.05. The highest BCUT2D eigenvalue weighted by Gasteiger charge is 2.38. The Labute approximate surface area is 91.9 Å². The lowest BCUT2D eigenvalue weighted by Gasteiger charge is -2.15. The molecule has 0 aromatic carbocycles. The Morgan fingerprint density at radius 2 is 2.36 bits per heavy atom. The number of nitrogens with zero attached hydrogens (tertiary/aromatic N) is 1. The number of rotatable bonds is 2. The van der Waals surface area contributed by atoms with E-state index in [9.17, 15) is 9.59 Å². The first kappa shape index (κ1) is 11.7. The lowest BCUT2D eigenvalue weighted by atomic mass is 10.2. The van der Waals surface area contributed by atoms with Crippen molar-refractivity contribution < 1.29 is 14.3 Å². The molecule has 0 atom stereocenters. The Kier molecular flexibility index (Phi) is 3.71. The van der Waals surface area contributed by atoms with Gasteiger partial charge in [0.05, 0.1) is 18.6 Å². The van der Waals surface area contributed by atoms with Gasteiger partial charge in [-0.2, -0.15) is 0 Å². The van der Waals surface area contributed by atoms with Crippen LogP contribution in [0.2, 0.25) is 0 Å². The lowest BCUT2D eigenvalue weighted by Crippen LogP contribution is -2.24. The maximum absolute atomic E-state index is 11.4. The van der Waals surface area contributed by atoms with E-state index in [2.05, 4.69) is 0 Å². The van der Waals surface area contributed by atoms with E-state index < -0.39 is 5.30 Å². The third kappa shape index (κ3) is 3.09. The van der Waals surface area contributed by atoms with E-state index in [0.717, 1.165) is 11.9 Å². The highest BCUT2D eigenvalue weighted by atomic mass is 32.2. The van der Waals surface area contributed by atoms with E-state index in [-0.39, 0.29) is 9.99 Å². The van der Waals surface area contributed by atoms with Crippen LogP contribution in [0.3, 0.4) is 0 Å². The molecule has 0 aromatic rings. The van der Waals surface area contributed by atoms with Gasteiger partial charge in [-0.15, -0.1) is 0 Å². The summed E-state index contributed by atoms with van der Waals surface area (Å²) in [6.45, 7) is 6.59. The van der Waals surface area contributed by atoms with Crippen LogP contribution in [0.4, 0.5) is 9.59 Å². The summed E-state index contributed by atoms with van der Waals surface area (Å²) in [6.07, 6.45) is 0. The number of carbonyl (C=O) groups is 2. The summed E-state index contributed by atoms with van der Waals surface area (Å²) in [5.41, 5.74) is 0. The first-order valence-corrected chi connectivity index (χ1v) is 5.89. The number of thioether (sulfide) groups is 1. The zero-order valence-electron chi connectivity index (χ0n) is 8.40. The molecule has 0 saturated carbocycles. The summed E-state index contributed by atoms with van der Waals surface area (Å²) < 4.78 is 6.07. The van der Waals surface area contributed by atoms with Crippen LogP contribution in [0.25, 0.3) is 0 Å². The predicted octanol–water partition coefficient (Wildman–Crippen LogP) is 2.74. The van der Waals surface area contributed by atoms with Gasteiger partial charge in [0.25, 0.3) is 5.24 Å². The molecule has 1 fully saturated rings. The summed E-state index contributed by atoms with van der Waals surface area (Å²) in [7, 11) is 0. The highest BCUT2D eigenvalue weighted by Crippen LogP contribution is 2.38. The van der Waals surface area contributed by atoms with E-state index in [1.54, 1.807) is 6.92 Å². The van der Waals surface area contributed by atoms with Crippen molar-refractivity contribution >= 4 is 34.3 Å². The summed E-state index contributed by atoms with van der Waals surface area (Å²) in [6, 6.07) is 0. The van der Waals surface area contributed by atoms with Crippen molar-refractivity contribution in [3.8, 4) is 0 Å². The molecular formula is C8H13NO3S2. The largest absolute Gasteiger partial charge is 0.457 e. The lowest BCUT2D eigenvalue weighted by molar-refractivity contribution is 0.180. The van der Waals surface area contributed by atoms with Gasteiger partial charge in [-0.25, -0.2) is 4.79 Å². The number of ether oxygens (including phenoxy) is 1. The third-order valence-electron chi connectivity index (χ3n) is 1.54. The van der Waals surface area contributed by atoms with Crippen LogP contribution < -0.4 is 0 Å². The molecule has 0 aliphatic carbocycles. The van der Waals surface area contributed by atoms with Crippen LogP contribution >= 0.6 is 23.7 Å². The molecule has 0 radical (unpaired) electrons. The molecule has 0 unspecified atom stereocenters. The van der Waals surface area contributed by atoms with Crippen LogP contribution in [-0.2, 0) is 4.74 Å². The maximum Gasteiger partial charge on any atom is 0.388 e. The van der Waals surface area contributed by atoms with Crippen molar-refractivity contribution in [3.05, 3.63) is 0 Å². The van der Waals surface area contributed by atoms with E-state index in [1.807, 2.05) is 13.8 Å². The van der Waals surface area contributed by atoms with Crippen LogP contribution in [0.5, 0.6) is 0 Å². The Hall–Kier alpha value is -0.360. The van der Waals surface area contributed by atoms with E-state index in [1.165, 1.54) is 16.1 Å². The van der Waals surface area contributed by atoms with Crippen molar-refractivity contribution in [1.82, 2.24) is 4.31 Å². The number of hydrogen-bond acceptors (Lipinski definition) is 5. The van der Waals surface area contributed by atoms with Gasteiger partial charge in [0, 0.05) is 11.3 Å². The minimum Gasteiger partial charge on any atom is -0.457 e. The molecule has 0 bridgehead atoms. The second kappa shape index (κ2) is 4.44. The molecule has 1 saturated heterocycles. The smallest absolute Gasteiger partial charge is 0.388 e. The fourth-order valence-corrected chi connectivity index (χ4v) is 2.98. The molecule has 1 rings (SSSR count). The van der Waals surface area contributed by atoms with Gasteiger partial charge in [-0.05, 0) is 20.8 Å². The molecule has 0 aromatic heterocycles. The summed E-state index contributed by atoms with van der Waals surface area (Å²) in [4.78, 5) is 22.5. The molecule has 0 N–H and O–H groups in total. The van der Waals surface area contributed by atoms with Crippen molar-refractivity contribution in [2.24, 2.45) is 0 Å². The molecule has 1 amide bonds. The van der Waals surface area contributed by atoms with Gasteiger partial charge >= 0.3 is 5.30 Å². The minimum atomic E-state index is -0.417. The third-order valence-corrected chi connectivity index (χ3v) is 3.51. The van der Waals surface area contributed by atoms with Crippen molar-refractivity contribution in [3.63, 3.8) is 0 Å². The monoisotopic (exact) mass is 235 g/mol. The van der Waals surface area contributed by atoms with Gasteiger partial charge in [-0.3, -0.25) is 9.10 Å². The number of carbonyl (C=O) groups excluding carboxylic acids is 2. The Bertz CT molecular complexity index is 255. The molecule has 1 heterocycles. The van der Waals surface area contributed by atoms with Gasteiger partial charge in [-0.1, -0.05) is 11.8 Å². The van der Waals surface area contributed by atoms with Crippen molar-refractivity contribution in [2.75, 3.05) is 13.2 Å². The van der Waals surface area contributed by atoms with Gasteiger partial charge in [0.15, 0.2) is 0 Å². The zero-order valence-corrected chi connectivity index (χ0v) is 10.0. The van der Waals surface area contributed by atoms with Gasteiger partial charge in [0.1, 0.15) is 0 Å². The fourth-order valence-electron chi connectivity index (χ4n) is 1.03. The topological polar surface area (TPSA) is 46.6 Å². The van der Waals surface area contributed by atoms with E-state index in [4.69, 9.17) is 4.74 Å². The Balaban J connectivity index is 2.47. The Morgan fingerprint density at radius 3 is 2.79 bits per heavy atom. The van der Waals surface area contributed by atoms with Crippen LogP contribution in [0.15, 0.2) is 0 Å². The molecule has 80 valence electrons. The average Bonchev–Trinajstić information content (AvgIpc) is 2.25. The SMILES string of the molecule is CCOC(=O)SN1CC(C)(C)SC1=O. The molecule has 1 aliphatic rings. The molecule has 14 heavy (non-hydrogen) atoms. The molecular weight excluding hydrogens is 222 g/mol. The first-order chi connectivity index (χ1) is 6.44. The van der Waals surface area contributed by atoms with E-state index >= 15 is 0 Å². The van der Waals surface area contributed by atoms with Crippen LogP contribution in [0, 0.1) is 0 Å². The van der Waals surface area contributed by atoms with Crippen molar-refractivity contribution in [1.29, 1.82) is 0 Å². The highest BCUT2D eigenvalue weighted by molar-refractivity contribution is 8.19. The Morgan fingerprint density at radius 1 is 1.71 bits per heavy atom. The number of amides is 1. The quantitative estimate of drug-likeness (QED) is 0.544. The first-order valence-electron chi connectivity index (χ1n) is 4.30. The van der Waals surface area contributed by atoms with Gasteiger partial charge in [0.2, 0.25) is 0 Å². The van der Waals surface area contributed by atoms with E-state index in [0.29, 0.717) is 13.2 Å². The maximum atomic E-state index is 11.4. The average molecular weight is 235 g/mol. The van der Waals surface area contributed by atoms with Crippen LogP contribution in [-0.4, -0.2) is 32.7 Å². The predicted molar refractivity (Wildman–Crippen MR) is 58.4 cm³/mol.